The second-order valence-corrected chi connectivity index (χ2v) is 6.71. The van der Waals surface area contributed by atoms with Crippen LogP contribution in [0.2, 0.25) is 0 Å². The first kappa shape index (κ1) is 18.2. The van der Waals surface area contributed by atoms with Gasteiger partial charge < -0.3 is 14.8 Å². The van der Waals surface area contributed by atoms with Crippen LogP contribution in [0.5, 0.6) is 11.6 Å². The van der Waals surface area contributed by atoms with Gasteiger partial charge in [-0.1, -0.05) is 31.9 Å². The molecule has 1 aromatic heterocycles. The third-order valence-corrected chi connectivity index (χ3v) is 4.98. The first-order chi connectivity index (χ1) is 12.7. The third kappa shape index (κ3) is 3.82. The molecule has 0 aliphatic heterocycles. The molecule has 0 spiro atoms. The summed E-state index contributed by atoms with van der Waals surface area (Å²) in [4.78, 5) is 17.4. The zero-order chi connectivity index (χ0) is 18.4. The molecular formula is C21H26N2O3. The van der Waals surface area contributed by atoms with Crippen LogP contribution in [0.4, 0.5) is 5.69 Å². The van der Waals surface area contributed by atoms with Gasteiger partial charge in [0.25, 0.3) is 0 Å². The van der Waals surface area contributed by atoms with Crippen molar-refractivity contribution >= 4 is 11.6 Å². The van der Waals surface area contributed by atoms with Gasteiger partial charge in [-0.25, -0.2) is 4.98 Å². The van der Waals surface area contributed by atoms with Gasteiger partial charge in [-0.15, -0.1) is 0 Å². The van der Waals surface area contributed by atoms with E-state index in [1.54, 1.807) is 19.4 Å². The van der Waals surface area contributed by atoms with E-state index in [0.29, 0.717) is 18.2 Å². The van der Waals surface area contributed by atoms with Crippen molar-refractivity contribution in [1.82, 2.24) is 4.98 Å². The lowest BCUT2D eigenvalue weighted by molar-refractivity contribution is -0.121. The summed E-state index contributed by atoms with van der Waals surface area (Å²) in [7, 11) is 1.65. The topological polar surface area (TPSA) is 60.5 Å². The molecule has 5 heteroatoms. The molecule has 1 N–H and O–H groups in total. The molecule has 0 bridgehead atoms. The van der Waals surface area contributed by atoms with Gasteiger partial charge in [0.2, 0.25) is 11.8 Å². The second kappa shape index (κ2) is 8.21. The number of ether oxygens (including phenoxy) is 2. The predicted molar refractivity (Wildman–Crippen MR) is 102 cm³/mol. The molecule has 3 rings (SSSR count). The first-order valence-corrected chi connectivity index (χ1v) is 9.23. The van der Waals surface area contributed by atoms with Crippen LogP contribution in [0.1, 0.15) is 44.6 Å². The van der Waals surface area contributed by atoms with Gasteiger partial charge >= 0.3 is 0 Å². The Balaban J connectivity index is 1.76. The molecule has 1 heterocycles. The minimum absolute atomic E-state index is 0.0317. The van der Waals surface area contributed by atoms with Gasteiger partial charge in [-0.2, -0.15) is 0 Å². The Kier molecular flexibility index (Phi) is 5.76. The average molecular weight is 354 g/mol. The normalized spacial score (nSPS) is 15.5. The minimum Gasteiger partial charge on any atom is -0.497 e. The molecule has 1 saturated carbocycles. The molecule has 0 saturated heterocycles. The van der Waals surface area contributed by atoms with Crippen molar-refractivity contribution < 1.29 is 14.3 Å². The van der Waals surface area contributed by atoms with Crippen molar-refractivity contribution in [3.8, 4) is 11.6 Å². The monoisotopic (exact) mass is 354 g/mol. The molecule has 5 nitrogen and oxygen atoms in total. The van der Waals surface area contributed by atoms with Crippen molar-refractivity contribution in [2.24, 2.45) is 0 Å². The van der Waals surface area contributed by atoms with E-state index >= 15 is 0 Å². The van der Waals surface area contributed by atoms with Gasteiger partial charge in [-0.05, 0) is 43.0 Å². The number of nitrogens with zero attached hydrogens (tertiary/aromatic N) is 1. The largest absolute Gasteiger partial charge is 0.497 e. The fourth-order valence-electron chi connectivity index (χ4n) is 3.53. The number of nitrogens with one attached hydrogen (secondary N) is 1. The summed E-state index contributed by atoms with van der Waals surface area (Å²) in [6, 6.07) is 11.5. The van der Waals surface area contributed by atoms with E-state index < -0.39 is 5.41 Å². The lowest BCUT2D eigenvalue weighted by atomic mass is 9.78. The molecule has 0 radical (unpaired) electrons. The van der Waals surface area contributed by atoms with Crippen molar-refractivity contribution in [2.45, 2.75) is 44.4 Å². The van der Waals surface area contributed by atoms with E-state index in [1.807, 2.05) is 30.3 Å². The second-order valence-electron chi connectivity index (χ2n) is 6.71. The zero-order valence-corrected chi connectivity index (χ0v) is 15.5. The Hall–Kier alpha value is -2.56. The highest BCUT2D eigenvalue weighted by atomic mass is 16.5. The van der Waals surface area contributed by atoms with Crippen molar-refractivity contribution in [2.75, 3.05) is 19.0 Å². The molecule has 2 aromatic rings. The molecule has 1 amide bonds. The molecule has 1 aromatic carbocycles. The molecule has 138 valence electrons. The van der Waals surface area contributed by atoms with E-state index in [9.17, 15) is 4.79 Å². The smallest absolute Gasteiger partial charge is 0.235 e. The summed E-state index contributed by atoms with van der Waals surface area (Å²) < 4.78 is 10.7. The van der Waals surface area contributed by atoms with Crippen LogP contribution in [0.15, 0.2) is 42.6 Å². The lowest BCUT2D eigenvalue weighted by Gasteiger charge is -2.28. The Morgan fingerprint density at radius 2 is 1.88 bits per heavy atom. The quantitative estimate of drug-likeness (QED) is 0.804. The van der Waals surface area contributed by atoms with Crippen LogP contribution in [0.25, 0.3) is 0 Å². The summed E-state index contributed by atoms with van der Waals surface area (Å²) >= 11 is 0. The number of pyridine rings is 1. The predicted octanol–water partition coefficient (Wildman–Crippen LogP) is 4.33. The first-order valence-electron chi connectivity index (χ1n) is 9.23. The molecule has 0 atom stereocenters. The summed E-state index contributed by atoms with van der Waals surface area (Å²) in [6.07, 6.45) is 6.42. The summed E-state index contributed by atoms with van der Waals surface area (Å²) in [5.74, 6) is 1.41. The van der Waals surface area contributed by atoms with Gasteiger partial charge in [0, 0.05) is 6.07 Å². The Morgan fingerprint density at radius 3 is 2.46 bits per heavy atom. The van der Waals surface area contributed by atoms with Crippen molar-refractivity contribution in [3.05, 3.63) is 48.2 Å². The Bertz CT molecular complexity index is 720. The van der Waals surface area contributed by atoms with E-state index in [1.165, 1.54) is 0 Å². The lowest BCUT2D eigenvalue weighted by Crippen LogP contribution is -2.38. The van der Waals surface area contributed by atoms with Gasteiger partial charge in [0.05, 0.1) is 31.0 Å². The number of benzene rings is 1. The number of carbonyl (C=O) groups excluding carboxylic acids is 1. The van der Waals surface area contributed by atoms with Crippen LogP contribution >= 0.6 is 0 Å². The minimum atomic E-state index is -0.482. The van der Waals surface area contributed by atoms with Gasteiger partial charge in [0.1, 0.15) is 5.75 Å². The zero-order valence-electron chi connectivity index (χ0n) is 15.5. The van der Waals surface area contributed by atoms with E-state index in [-0.39, 0.29) is 5.91 Å². The number of methoxy groups -OCH3 is 1. The summed E-state index contributed by atoms with van der Waals surface area (Å²) in [5.41, 5.74) is 1.26. The Labute approximate surface area is 154 Å². The SMILES string of the molecule is CCCOc1ccc(NC(=O)C2(c3ccc(OC)cc3)CCCC2)cn1. The number of carbonyl (C=O) groups is 1. The maximum absolute atomic E-state index is 13.1. The van der Waals surface area contributed by atoms with E-state index in [2.05, 4.69) is 17.2 Å². The number of hydrogen-bond donors (Lipinski definition) is 1. The van der Waals surface area contributed by atoms with Crippen molar-refractivity contribution in [1.29, 1.82) is 0 Å². The van der Waals surface area contributed by atoms with Crippen LogP contribution in [0.3, 0.4) is 0 Å². The number of aromatic nitrogens is 1. The third-order valence-electron chi connectivity index (χ3n) is 4.98. The highest BCUT2D eigenvalue weighted by Crippen LogP contribution is 2.42. The van der Waals surface area contributed by atoms with Crippen LogP contribution in [-0.4, -0.2) is 24.6 Å². The standard InChI is InChI=1S/C21H26N2O3/c1-3-14-26-19-11-8-17(15-22-19)23-20(24)21(12-4-5-13-21)16-6-9-18(25-2)10-7-16/h6-11,15H,3-5,12-14H2,1-2H3,(H,23,24). The molecule has 1 aliphatic rings. The average Bonchev–Trinajstić information content (AvgIpc) is 3.19. The van der Waals surface area contributed by atoms with E-state index in [0.717, 1.165) is 43.4 Å². The van der Waals surface area contributed by atoms with Crippen LogP contribution in [0, 0.1) is 0 Å². The summed E-state index contributed by atoms with van der Waals surface area (Å²) in [6.45, 7) is 2.69. The highest BCUT2D eigenvalue weighted by Gasteiger charge is 2.42. The van der Waals surface area contributed by atoms with Crippen LogP contribution < -0.4 is 14.8 Å². The fraction of sp³-hybridized carbons (Fsp3) is 0.429. The maximum Gasteiger partial charge on any atom is 0.235 e. The summed E-state index contributed by atoms with van der Waals surface area (Å²) in [5, 5.41) is 3.05. The number of hydrogen-bond acceptors (Lipinski definition) is 4. The molecule has 26 heavy (non-hydrogen) atoms. The Morgan fingerprint density at radius 1 is 1.15 bits per heavy atom. The van der Waals surface area contributed by atoms with Crippen LogP contribution in [-0.2, 0) is 10.2 Å². The number of amides is 1. The fourth-order valence-corrected chi connectivity index (χ4v) is 3.53. The van der Waals surface area contributed by atoms with Gasteiger partial charge in [-0.3, -0.25) is 4.79 Å². The number of anilines is 1. The molecule has 0 unspecified atom stereocenters. The molecule has 1 aliphatic carbocycles. The molecule has 1 fully saturated rings. The number of rotatable bonds is 7. The van der Waals surface area contributed by atoms with Gasteiger partial charge in [0.15, 0.2) is 0 Å². The maximum atomic E-state index is 13.1. The van der Waals surface area contributed by atoms with E-state index in [4.69, 9.17) is 9.47 Å². The van der Waals surface area contributed by atoms with Crippen molar-refractivity contribution in [3.63, 3.8) is 0 Å². The highest BCUT2D eigenvalue weighted by molar-refractivity contribution is 5.99. The molecular weight excluding hydrogens is 328 g/mol.